The number of anilines is 1. The van der Waals surface area contributed by atoms with Gasteiger partial charge < -0.3 is 10.1 Å². The smallest absolute Gasteiger partial charge is 0.410 e. The number of fused-ring (bicyclic) bond motifs is 1. The maximum Gasteiger partial charge on any atom is 0.410 e. The van der Waals surface area contributed by atoms with Crippen LogP contribution in [0.1, 0.15) is 62.8 Å². The number of amides is 2. The Morgan fingerprint density at radius 1 is 1.40 bits per heavy atom. The molecule has 1 aromatic heterocycles. The Labute approximate surface area is 151 Å². The molecule has 1 N–H and O–H groups in total. The summed E-state index contributed by atoms with van der Waals surface area (Å²) in [5.41, 5.74) is 0.0743. The quantitative estimate of drug-likeness (QED) is 0.882. The molecule has 138 valence electrons. The van der Waals surface area contributed by atoms with Crippen LogP contribution in [-0.4, -0.2) is 45.9 Å². The van der Waals surface area contributed by atoms with E-state index in [1.165, 1.54) is 11.8 Å². The average molecular weight is 367 g/mol. The molecule has 1 heterocycles. The van der Waals surface area contributed by atoms with Crippen LogP contribution in [0.25, 0.3) is 0 Å². The van der Waals surface area contributed by atoms with Crippen LogP contribution < -0.4 is 5.32 Å². The second-order valence-electron chi connectivity index (χ2n) is 7.07. The van der Waals surface area contributed by atoms with E-state index in [-0.39, 0.29) is 11.7 Å². The normalized spacial score (nSPS) is 17.0. The number of Topliss-reactive ketones (excluding diaryl/α,β-unsaturated/α-hetero) is 1. The zero-order valence-electron chi connectivity index (χ0n) is 15.3. The number of aryl methyl sites for hydroxylation is 1. The van der Waals surface area contributed by atoms with Crippen LogP contribution in [0.2, 0.25) is 0 Å². The largest absolute Gasteiger partial charge is 0.444 e. The molecule has 0 aromatic carbocycles. The number of rotatable bonds is 4. The van der Waals surface area contributed by atoms with E-state index in [0.29, 0.717) is 35.1 Å². The molecule has 1 aliphatic rings. The number of nitrogens with one attached hydrogen (secondary N) is 1. The summed E-state index contributed by atoms with van der Waals surface area (Å²) in [6, 6.07) is -0.548. The molecule has 1 aliphatic carbocycles. The Morgan fingerprint density at radius 3 is 2.64 bits per heavy atom. The lowest BCUT2D eigenvalue weighted by molar-refractivity contribution is -0.114. The van der Waals surface area contributed by atoms with Gasteiger partial charge in [0.1, 0.15) is 5.60 Å². The maximum atomic E-state index is 12.9. The van der Waals surface area contributed by atoms with Crippen molar-refractivity contribution in [2.45, 2.75) is 65.5 Å². The monoisotopic (exact) mass is 367 g/mol. The zero-order valence-corrected chi connectivity index (χ0v) is 16.2. The van der Waals surface area contributed by atoms with Gasteiger partial charge in [-0.2, -0.15) is 0 Å². The van der Waals surface area contributed by atoms with Gasteiger partial charge in [0.25, 0.3) is 0 Å². The highest BCUT2D eigenvalue weighted by atomic mass is 32.1. The predicted molar refractivity (Wildman–Crippen MR) is 96.1 cm³/mol. The molecular formula is C17H25N3O4S. The summed E-state index contributed by atoms with van der Waals surface area (Å²) in [4.78, 5) is 43.0. The Kier molecular flexibility index (Phi) is 5.82. The third-order valence-corrected chi connectivity index (χ3v) is 4.66. The number of nitrogens with zero attached hydrogens (tertiary/aromatic N) is 2. The zero-order chi connectivity index (χ0) is 18.8. The maximum absolute atomic E-state index is 12.9. The molecular weight excluding hydrogens is 342 g/mol. The highest BCUT2D eigenvalue weighted by Crippen LogP contribution is 2.32. The number of hydrogen-bond acceptors (Lipinski definition) is 6. The minimum Gasteiger partial charge on any atom is -0.444 e. The van der Waals surface area contributed by atoms with Crippen molar-refractivity contribution in [3.05, 3.63) is 10.6 Å². The minimum atomic E-state index is -0.616. The van der Waals surface area contributed by atoms with E-state index >= 15 is 0 Å². The molecule has 0 aliphatic heterocycles. The summed E-state index contributed by atoms with van der Waals surface area (Å²) in [6.07, 6.45) is 1.36. The Balaban J connectivity index is 2.23. The lowest BCUT2D eigenvalue weighted by Crippen LogP contribution is -2.49. The topological polar surface area (TPSA) is 88.6 Å². The van der Waals surface area contributed by atoms with Crippen LogP contribution >= 0.6 is 11.3 Å². The fourth-order valence-electron chi connectivity index (χ4n) is 2.71. The molecule has 0 bridgehead atoms. The van der Waals surface area contributed by atoms with Crippen molar-refractivity contribution in [1.29, 1.82) is 0 Å². The summed E-state index contributed by atoms with van der Waals surface area (Å²) in [7, 11) is 0. The Bertz CT molecular complexity index is 678. The van der Waals surface area contributed by atoms with E-state index in [4.69, 9.17) is 4.74 Å². The third kappa shape index (κ3) is 4.78. The van der Waals surface area contributed by atoms with E-state index in [0.717, 1.165) is 17.8 Å². The lowest BCUT2D eigenvalue weighted by atomic mass is 9.95. The summed E-state index contributed by atoms with van der Waals surface area (Å²) in [6.45, 7) is 9.22. The van der Waals surface area contributed by atoms with E-state index in [1.807, 2.05) is 6.92 Å². The van der Waals surface area contributed by atoms with Crippen LogP contribution in [0.5, 0.6) is 0 Å². The molecule has 0 spiro atoms. The molecule has 1 aromatic rings. The van der Waals surface area contributed by atoms with E-state index < -0.39 is 17.7 Å². The summed E-state index contributed by atoms with van der Waals surface area (Å²) in [5, 5.41) is 3.04. The average Bonchev–Trinajstić information content (AvgIpc) is 2.86. The number of ether oxygens (including phenoxy) is 1. The summed E-state index contributed by atoms with van der Waals surface area (Å²) in [5.74, 6) is -0.355. The van der Waals surface area contributed by atoms with Gasteiger partial charge in [0, 0.05) is 13.5 Å². The van der Waals surface area contributed by atoms with Gasteiger partial charge >= 0.3 is 6.09 Å². The van der Waals surface area contributed by atoms with Crippen LogP contribution in [0.4, 0.5) is 9.93 Å². The Morgan fingerprint density at radius 2 is 2.08 bits per heavy atom. The molecule has 25 heavy (non-hydrogen) atoms. The second kappa shape index (κ2) is 7.51. The van der Waals surface area contributed by atoms with Gasteiger partial charge in [-0.05, 0) is 40.0 Å². The molecule has 8 heteroatoms. The fourth-order valence-corrected chi connectivity index (χ4v) is 3.75. The lowest BCUT2D eigenvalue weighted by Gasteiger charge is -2.34. The number of thiazole rings is 1. The van der Waals surface area contributed by atoms with Crippen LogP contribution in [0.3, 0.4) is 0 Å². The van der Waals surface area contributed by atoms with Crippen molar-refractivity contribution >= 4 is 34.3 Å². The van der Waals surface area contributed by atoms with Crippen LogP contribution in [-0.2, 0) is 16.0 Å². The van der Waals surface area contributed by atoms with Crippen molar-refractivity contribution in [1.82, 2.24) is 9.88 Å². The SMILES string of the molecule is CCCN(C(=O)OC(C)(C)C)C1CCc2nc(NC(C)=O)sc2C1=O. The first-order chi connectivity index (χ1) is 11.6. The second-order valence-corrected chi connectivity index (χ2v) is 8.07. The van der Waals surface area contributed by atoms with Crippen molar-refractivity contribution in [2.24, 2.45) is 0 Å². The van der Waals surface area contributed by atoms with E-state index in [2.05, 4.69) is 10.3 Å². The van der Waals surface area contributed by atoms with Crippen molar-refractivity contribution in [2.75, 3.05) is 11.9 Å². The first-order valence-electron chi connectivity index (χ1n) is 8.43. The minimum absolute atomic E-state index is 0.130. The molecule has 2 rings (SSSR count). The first kappa shape index (κ1) is 19.4. The predicted octanol–water partition coefficient (Wildman–Crippen LogP) is 3.25. The molecule has 1 atom stereocenters. The first-order valence-corrected chi connectivity index (χ1v) is 9.25. The highest BCUT2D eigenvalue weighted by Gasteiger charge is 2.38. The number of hydrogen-bond donors (Lipinski definition) is 1. The van der Waals surface area contributed by atoms with Gasteiger partial charge in [0.05, 0.1) is 16.6 Å². The van der Waals surface area contributed by atoms with Gasteiger partial charge in [-0.15, -0.1) is 0 Å². The number of carbonyl (C=O) groups excluding carboxylic acids is 3. The molecule has 7 nitrogen and oxygen atoms in total. The molecule has 0 saturated carbocycles. The Hall–Kier alpha value is -1.96. The standard InChI is InChI=1S/C17H25N3O4S/c1-6-9-20(16(23)24-17(3,4)5)12-8-7-11-14(13(12)22)25-15(19-11)18-10(2)21/h12H,6-9H2,1-5H3,(H,18,19,21). The van der Waals surface area contributed by atoms with Crippen LogP contribution in [0, 0.1) is 0 Å². The van der Waals surface area contributed by atoms with Crippen molar-refractivity contribution in [3.63, 3.8) is 0 Å². The van der Waals surface area contributed by atoms with Gasteiger partial charge in [0.15, 0.2) is 10.9 Å². The summed E-state index contributed by atoms with van der Waals surface area (Å²) < 4.78 is 5.47. The molecule has 0 radical (unpaired) electrons. The molecule has 0 saturated heterocycles. The van der Waals surface area contributed by atoms with Crippen molar-refractivity contribution < 1.29 is 19.1 Å². The summed E-state index contributed by atoms with van der Waals surface area (Å²) >= 11 is 1.16. The van der Waals surface area contributed by atoms with Gasteiger partial charge in [-0.3, -0.25) is 14.5 Å². The molecule has 1 unspecified atom stereocenters. The van der Waals surface area contributed by atoms with Gasteiger partial charge in [-0.25, -0.2) is 9.78 Å². The highest BCUT2D eigenvalue weighted by molar-refractivity contribution is 7.17. The number of carbonyl (C=O) groups is 3. The number of aromatic nitrogens is 1. The van der Waals surface area contributed by atoms with Gasteiger partial charge in [-0.1, -0.05) is 18.3 Å². The fraction of sp³-hybridized carbons (Fsp3) is 0.647. The van der Waals surface area contributed by atoms with E-state index in [1.54, 1.807) is 20.8 Å². The van der Waals surface area contributed by atoms with Crippen LogP contribution in [0.15, 0.2) is 0 Å². The third-order valence-electron chi connectivity index (χ3n) is 3.63. The van der Waals surface area contributed by atoms with Crippen molar-refractivity contribution in [3.8, 4) is 0 Å². The number of ketones is 1. The molecule has 0 fully saturated rings. The van der Waals surface area contributed by atoms with Gasteiger partial charge in [0.2, 0.25) is 5.91 Å². The van der Waals surface area contributed by atoms with E-state index in [9.17, 15) is 14.4 Å². The molecule has 2 amide bonds.